The summed E-state index contributed by atoms with van der Waals surface area (Å²) in [4.78, 5) is 4.93. The van der Waals surface area contributed by atoms with Crippen molar-refractivity contribution in [3.05, 3.63) is 29.8 Å². The molecule has 2 atom stereocenters. The first-order valence-electron chi connectivity index (χ1n) is 6.96. The van der Waals surface area contributed by atoms with Crippen molar-refractivity contribution in [2.45, 2.75) is 51.4 Å². The monoisotopic (exact) mass is 227 g/mol. The van der Waals surface area contributed by atoms with Crippen LogP contribution in [0.5, 0.6) is 0 Å². The van der Waals surface area contributed by atoms with E-state index in [2.05, 4.69) is 38.1 Å². The van der Waals surface area contributed by atoms with Gasteiger partial charge >= 0.3 is 0 Å². The highest BCUT2D eigenvalue weighted by Crippen LogP contribution is 2.52. The maximum Gasteiger partial charge on any atom is 0.0671 e. The van der Waals surface area contributed by atoms with E-state index in [1.165, 1.54) is 49.1 Å². The molecular weight excluding hydrogens is 206 g/mol. The van der Waals surface area contributed by atoms with Gasteiger partial charge in [-0.15, -0.1) is 0 Å². The lowest BCUT2D eigenvalue weighted by atomic mass is 9.61. The van der Waals surface area contributed by atoms with Crippen LogP contribution in [0.25, 0.3) is 0 Å². The van der Waals surface area contributed by atoms with Gasteiger partial charge in [0.15, 0.2) is 0 Å². The molecule has 0 amide bonds. The second-order valence-corrected chi connectivity index (χ2v) is 5.56. The Balaban J connectivity index is 2.17. The normalized spacial score (nSPS) is 28.2. The van der Waals surface area contributed by atoms with E-state index in [4.69, 9.17) is 4.99 Å². The Hall–Kier alpha value is -1.11. The summed E-state index contributed by atoms with van der Waals surface area (Å²) in [5.41, 5.74) is 4.50. The van der Waals surface area contributed by atoms with Crippen molar-refractivity contribution in [2.75, 3.05) is 0 Å². The number of nitrogens with zero attached hydrogens (tertiary/aromatic N) is 1. The van der Waals surface area contributed by atoms with Crippen LogP contribution in [0.15, 0.2) is 29.3 Å². The van der Waals surface area contributed by atoms with E-state index in [1.807, 2.05) is 0 Å². The summed E-state index contributed by atoms with van der Waals surface area (Å²) in [6.07, 6.45) is 6.44. The van der Waals surface area contributed by atoms with Gasteiger partial charge in [-0.25, -0.2) is 0 Å². The van der Waals surface area contributed by atoms with Crippen molar-refractivity contribution in [3.8, 4) is 0 Å². The van der Waals surface area contributed by atoms with E-state index >= 15 is 0 Å². The zero-order chi connectivity index (χ0) is 11.9. The lowest BCUT2D eigenvalue weighted by Crippen LogP contribution is -2.41. The number of hydrogen-bond donors (Lipinski definition) is 0. The van der Waals surface area contributed by atoms with Crippen molar-refractivity contribution in [3.63, 3.8) is 0 Å². The first-order chi connectivity index (χ1) is 8.29. The molecule has 1 aliphatic heterocycles. The van der Waals surface area contributed by atoms with Crippen molar-refractivity contribution < 1.29 is 0 Å². The predicted octanol–water partition coefficient (Wildman–Crippen LogP) is 4.63. The minimum atomic E-state index is 0.281. The number of benzene rings is 1. The highest BCUT2D eigenvalue weighted by Gasteiger charge is 2.47. The van der Waals surface area contributed by atoms with E-state index in [-0.39, 0.29) is 5.41 Å². The van der Waals surface area contributed by atoms with Crippen LogP contribution in [-0.4, -0.2) is 5.71 Å². The van der Waals surface area contributed by atoms with Gasteiger partial charge in [0.1, 0.15) is 0 Å². The van der Waals surface area contributed by atoms with Crippen LogP contribution in [-0.2, 0) is 5.41 Å². The first kappa shape index (κ1) is 11.0. The molecule has 0 saturated heterocycles. The molecule has 0 radical (unpaired) electrons. The minimum Gasteiger partial charge on any atom is -0.257 e. The van der Waals surface area contributed by atoms with Gasteiger partial charge in [0.25, 0.3) is 0 Å². The fourth-order valence-electron chi connectivity index (χ4n) is 3.75. The average Bonchev–Trinajstić information content (AvgIpc) is 2.73. The zero-order valence-electron chi connectivity index (χ0n) is 10.9. The summed E-state index contributed by atoms with van der Waals surface area (Å²) in [5, 5.41) is 0. The Morgan fingerprint density at radius 3 is 2.94 bits per heavy atom. The van der Waals surface area contributed by atoms with E-state index in [0.717, 1.165) is 0 Å². The van der Waals surface area contributed by atoms with Gasteiger partial charge in [-0.05, 0) is 36.8 Å². The molecule has 1 aliphatic carbocycles. The van der Waals surface area contributed by atoms with Gasteiger partial charge in [0, 0.05) is 11.1 Å². The van der Waals surface area contributed by atoms with Crippen LogP contribution in [0.1, 0.15) is 51.5 Å². The predicted molar refractivity (Wildman–Crippen MR) is 73.1 cm³/mol. The molecular formula is C16H21N. The van der Waals surface area contributed by atoms with Gasteiger partial charge < -0.3 is 0 Å². The number of hydrogen-bond acceptors (Lipinski definition) is 1. The minimum absolute atomic E-state index is 0.281. The van der Waals surface area contributed by atoms with Crippen LogP contribution in [0.3, 0.4) is 0 Å². The van der Waals surface area contributed by atoms with Gasteiger partial charge in [0.2, 0.25) is 0 Å². The molecule has 0 aromatic heterocycles. The Morgan fingerprint density at radius 1 is 1.29 bits per heavy atom. The van der Waals surface area contributed by atoms with Crippen molar-refractivity contribution >= 4 is 11.4 Å². The summed E-state index contributed by atoms with van der Waals surface area (Å²) in [5.74, 6) is 0.713. The lowest BCUT2D eigenvalue weighted by molar-refractivity contribution is 0.325. The number of fused-ring (bicyclic) bond motifs is 3. The summed E-state index contributed by atoms with van der Waals surface area (Å²) < 4.78 is 0. The largest absolute Gasteiger partial charge is 0.257 e. The summed E-state index contributed by atoms with van der Waals surface area (Å²) in [7, 11) is 0. The SMILES string of the molecule is CCC(C)C12CCCCC1=Nc1ccccc12. The second kappa shape index (κ2) is 3.97. The molecule has 2 aliphatic rings. The standard InChI is InChI=1S/C16H21N/c1-3-12(2)16-11-7-6-10-15(16)17-14-9-5-4-8-13(14)16/h4-5,8-9,12H,3,6-7,10-11H2,1-2H3. The van der Waals surface area contributed by atoms with Gasteiger partial charge in [-0.2, -0.15) is 0 Å². The van der Waals surface area contributed by atoms with Crippen LogP contribution in [0.2, 0.25) is 0 Å². The van der Waals surface area contributed by atoms with Gasteiger partial charge in [-0.1, -0.05) is 44.9 Å². The van der Waals surface area contributed by atoms with Crippen LogP contribution >= 0.6 is 0 Å². The number of para-hydroxylation sites is 1. The molecule has 3 rings (SSSR count). The lowest BCUT2D eigenvalue weighted by Gasteiger charge is -2.40. The summed E-state index contributed by atoms with van der Waals surface area (Å²) in [6.45, 7) is 4.72. The number of aliphatic imine (C=N–C) groups is 1. The molecule has 0 spiro atoms. The Morgan fingerprint density at radius 2 is 2.12 bits per heavy atom. The third kappa shape index (κ3) is 1.41. The molecule has 0 bridgehead atoms. The fourth-order valence-corrected chi connectivity index (χ4v) is 3.75. The smallest absolute Gasteiger partial charge is 0.0671 e. The van der Waals surface area contributed by atoms with E-state index < -0.39 is 0 Å². The number of rotatable bonds is 2. The van der Waals surface area contributed by atoms with E-state index in [0.29, 0.717) is 5.92 Å². The molecule has 17 heavy (non-hydrogen) atoms. The van der Waals surface area contributed by atoms with Crippen LogP contribution in [0.4, 0.5) is 5.69 Å². The molecule has 1 aromatic carbocycles. The Kier molecular flexibility index (Phi) is 2.57. The van der Waals surface area contributed by atoms with Crippen LogP contribution < -0.4 is 0 Å². The second-order valence-electron chi connectivity index (χ2n) is 5.56. The van der Waals surface area contributed by atoms with Crippen molar-refractivity contribution in [1.82, 2.24) is 0 Å². The van der Waals surface area contributed by atoms with Crippen molar-refractivity contribution in [2.24, 2.45) is 10.9 Å². The quantitative estimate of drug-likeness (QED) is 0.698. The maximum absolute atomic E-state index is 4.93. The molecule has 0 N–H and O–H groups in total. The first-order valence-corrected chi connectivity index (χ1v) is 6.96. The molecule has 1 nitrogen and oxygen atoms in total. The Labute approximate surface area is 104 Å². The molecule has 90 valence electrons. The summed E-state index contributed by atoms with van der Waals surface area (Å²) >= 11 is 0. The highest BCUT2D eigenvalue weighted by molar-refractivity contribution is 6.02. The topological polar surface area (TPSA) is 12.4 Å². The molecule has 2 unspecified atom stereocenters. The van der Waals surface area contributed by atoms with Gasteiger partial charge in [-0.3, -0.25) is 4.99 Å². The third-order valence-electron chi connectivity index (χ3n) is 4.84. The Bertz CT molecular complexity index is 460. The molecule has 1 heteroatoms. The maximum atomic E-state index is 4.93. The zero-order valence-corrected chi connectivity index (χ0v) is 10.9. The van der Waals surface area contributed by atoms with E-state index in [1.54, 1.807) is 0 Å². The van der Waals surface area contributed by atoms with Gasteiger partial charge in [0.05, 0.1) is 5.69 Å². The van der Waals surface area contributed by atoms with Crippen LogP contribution in [0, 0.1) is 5.92 Å². The summed E-state index contributed by atoms with van der Waals surface area (Å²) in [6, 6.07) is 8.79. The van der Waals surface area contributed by atoms with Crippen molar-refractivity contribution in [1.29, 1.82) is 0 Å². The molecule has 1 heterocycles. The molecule has 1 saturated carbocycles. The molecule has 1 fully saturated rings. The highest BCUT2D eigenvalue weighted by atomic mass is 14.8. The fraction of sp³-hybridized carbons (Fsp3) is 0.562. The third-order valence-corrected chi connectivity index (χ3v) is 4.84. The molecule has 1 aromatic rings. The van der Waals surface area contributed by atoms with E-state index in [9.17, 15) is 0 Å². The average molecular weight is 227 g/mol.